The van der Waals surface area contributed by atoms with Gasteiger partial charge >= 0.3 is 0 Å². The third-order valence-corrected chi connectivity index (χ3v) is 5.92. The predicted octanol–water partition coefficient (Wildman–Crippen LogP) is 1.91. The molecule has 7 heteroatoms. The molecule has 3 aliphatic heterocycles. The third kappa shape index (κ3) is 4.83. The topological polar surface area (TPSA) is 48.0 Å². The minimum atomic E-state index is -0.433. The molecule has 2 N–H and O–H groups in total. The number of likely N-dealkylation sites (tertiary alicyclic amines) is 1. The lowest BCUT2D eigenvalue weighted by molar-refractivity contribution is -0.0899. The van der Waals surface area contributed by atoms with E-state index in [2.05, 4.69) is 39.4 Å². The number of hydrogen-bond acceptors (Lipinski definition) is 5. The fourth-order valence-corrected chi connectivity index (χ4v) is 4.37. The number of benzene rings is 1. The van der Waals surface area contributed by atoms with Gasteiger partial charge in [-0.05, 0) is 37.1 Å². The van der Waals surface area contributed by atoms with Crippen molar-refractivity contribution >= 4 is 30.5 Å². The number of hydrogen-bond donors (Lipinski definition) is 2. The highest BCUT2D eigenvalue weighted by atomic mass is 35.5. The minimum absolute atomic E-state index is 0. The van der Waals surface area contributed by atoms with Gasteiger partial charge in [0.15, 0.2) is 0 Å². The summed E-state index contributed by atoms with van der Waals surface area (Å²) in [5.74, 6) is 0.363. The highest BCUT2D eigenvalue weighted by molar-refractivity contribution is 5.85. The van der Waals surface area contributed by atoms with Crippen LogP contribution in [0.2, 0.25) is 0 Å². The number of anilines is 1. The van der Waals surface area contributed by atoms with Gasteiger partial charge in [0.05, 0.1) is 18.8 Å². The first-order valence-electron chi connectivity index (χ1n) is 9.30. The molecule has 0 radical (unpaired) electrons. The van der Waals surface area contributed by atoms with Crippen LogP contribution in [-0.4, -0.2) is 68.1 Å². The molecule has 0 aliphatic carbocycles. The second kappa shape index (κ2) is 9.58. The first-order chi connectivity index (χ1) is 11.7. The van der Waals surface area contributed by atoms with E-state index >= 15 is 0 Å². The van der Waals surface area contributed by atoms with Gasteiger partial charge < -0.3 is 20.1 Å². The van der Waals surface area contributed by atoms with Crippen molar-refractivity contribution in [1.82, 2.24) is 10.2 Å². The molecule has 0 unspecified atom stereocenters. The second-order valence-corrected chi connectivity index (χ2v) is 7.51. The predicted molar refractivity (Wildman–Crippen MR) is 110 cm³/mol. The number of halogens is 2. The average molecular weight is 404 g/mol. The van der Waals surface area contributed by atoms with Gasteiger partial charge in [-0.25, -0.2) is 0 Å². The first-order valence-corrected chi connectivity index (χ1v) is 9.30. The van der Waals surface area contributed by atoms with Crippen LogP contribution in [-0.2, 0) is 11.3 Å². The zero-order chi connectivity index (χ0) is 16.4. The van der Waals surface area contributed by atoms with Crippen LogP contribution in [0.15, 0.2) is 24.3 Å². The lowest BCUT2D eigenvalue weighted by Crippen LogP contribution is -2.58. The van der Waals surface area contributed by atoms with Gasteiger partial charge in [0, 0.05) is 50.9 Å². The zero-order valence-electron chi connectivity index (χ0n) is 15.2. The Morgan fingerprint density at radius 3 is 2.77 bits per heavy atom. The van der Waals surface area contributed by atoms with Crippen LogP contribution in [0.4, 0.5) is 5.69 Å². The van der Waals surface area contributed by atoms with Crippen LogP contribution in [0.1, 0.15) is 18.4 Å². The number of piperidine rings is 2. The van der Waals surface area contributed by atoms with Gasteiger partial charge in [-0.3, -0.25) is 4.90 Å². The van der Waals surface area contributed by atoms with E-state index in [1.54, 1.807) is 0 Å². The Bertz CT molecular complexity index is 571. The molecule has 4 rings (SSSR count). The van der Waals surface area contributed by atoms with Crippen LogP contribution in [0.3, 0.4) is 0 Å². The van der Waals surface area contributed by atoms with Crippen molar-refractivity contribution in [1.29, 1.82) is 0 Å². The van der Waals surface area contributed by atoms with E-state index in [9.17, 15) is 5.11 Å². The fraction of sp³-hybridized carbons (Fsp3) is 0.684. The maximum absolute atomic E-state index is 10.8. The summed E-state index contributed by atoms with van der Waals surface area (Å²) in [6.07, 6.45) is 1.81. The summed E-state index contributed by atoms with van der Waals surface area (Å²) in [5, 5.41) is 14.2. The lowest BCUT2D eigenvalue weighted by atomic mass is 9.76. The number of fused-ring (bicyclic) bond motifs is 1. The summed E-state index contributed by atoms with van der Waals surface area (Å²) in [6.45, 7) is 8.47. The zero-order valence-corrected chi connectivity index (χ0v) is 16.9. The summed E-state index contributed by atoms with van der Waals surface area (Å²) in [4.78, 5) is 4.91. The van der Waals surface area contributed by atoms with Crippen molar-refractivity contribution in [2.75, 3.05) is 57.4 Å². The summed E-state index contributed by atoms with van der Waals surface area (Å²) in [6, 6.07) is 8.92. The normalized spacial score (nSPS) is 29.3. The molecule has 0 bridgehead atoms. The molecule has 1 aromatic rings. The molecule has 0 aromatic heterocycles. The van der Waals surface area contributed by atoms with Crippen molar-refractivity contribution in [3.8, 4) is 0 Å². The van der Waals surface area contributed by atoms with E-state index in [0.29, 0.717) is 5.92 Å². The Balaban J connectivity index is 0.00000121. The summed E-state index contributed by atoms with van der Waals surface area (Å²) in [5.41, 5.74) is 2.24. The quantitative estimate of drug-likeness (QED) is 0.806. The molecule has 3 heterocycles. The SMILES string of the molecule is Cl.Cl.O[C@]12CCNC[C@H]1CN(Cc1cccc(N3CCOCC3)c1)CC2. The molecular weight excluding hydrogens is 373 g/mol. The Hall–Kier alpha value is -0.560. The largest absolute Gasteiger partial charge is 0.389 e. The number of nitrogens with zero attached hydrogens (tertiary/aromatic N) is 2. The highest BCUT2D eigenvalue weighted by Gasteiger charge is 2.42. The third-order valence-electron chi connectivity index (χ3n) is 5.92. The Labute approximate surface area is 168 Å². The molecule has 3 aliphatic rings. The molecule has 3 saturated heterocycles. The van der Waals surface area contributed by atoms with E-state index < -0.39 is 5.60 Å². The molecule has 1 aromatic carbocycles. The van der Waals surface area contributed by atoms with Gasteiger partial charge in [0.25, 0.3) is 0 Å². The van der Waals surface area contributed by atoms with Crippen molar-refractivity contribution in [2.24, 2.45) is 5.92 Å². The molecule has 3 fully saturated rings. The van der Waals surface area contributed by atoms with E-state index in [0.717, 1.165) is 71.9 Å². The maximum Gasteiger partial charge on any atom is 0.0724 e. The van der Waals surface area contributed by atoms with Crippen molar-refractivity contribution in [3.05, 3.63) is 29.8 Å². The summed E-state index contributed by atoms with van der Waals surface area (Å²) < 4.78 is 5.45. The molecule has 26 heavy (non-hydrogen) atoms. The number of morpholine rings is 1. The molecule has 2 atom stereocenters. The lowest BCUT2D eigenvalue weighted by Gasteiger charge is -2.47. The molecule has 5 nitrogen and oxygen atoms in total. The minimum Gasteiger partial charge on any atom is -0.389 e. The smallest absolute Gasteiger partial charge is 0.0724 e. The van der Waals surface area contributed by atoms with E-state index in [1.807, 2.05) is 0 Å². The first kappa shape index (κ1) is 21.7. The van der Waals surface area contributed by atoms with Crippen LogP contribution in [0.25, 0.3) is 0 Å². The number of nitrogens with one attached hydrogen (secondary N) is 1. The average Bonchev–Trinajstić information content (AvgIpc) is 2.63. The van der Waals surface area contributed by atoms with Crippen LogP contribution < -0.4 is 10.2 Å². The van der Waals surface area contributed by atoms with Crippen molar-refractivity contribution in [3.63, 3.8) is 0 Å². The van der Waals surface area contributed by atoms with Crippen LogP contribution in [0, 0.1) is 5.92 Å². The van der Waals surface area contributed by atoms with E-state index in [-0.39, 0.29) is 24.8 Å². The highest BCUT2D eigenvalue weighted by Crippen LogP contribution is 2.33. The van der Waals surface area contributed by atoms with E-state index in [4.69, 9.17) is 4.74 Å². The van der Waals surface area contributed by atoms with Gasteiger partial charge in [-0.15, -0.1) is 24.8 Å². The molecule has 0 spiro atoms. The fourth-order valence-electron chi connectivity index (χ4n) is 4.37. The van der Waals surface area contributed by atoms with E-state index in [1.165, 1.54) is 11.3 Å². The standard InChI is InChI=1S/C19H29N3O2.2ClH/c23-19-4-6-20-13-17(19)15-21(7-5-19)14-16-2-1-3-18(12-16)22-8-10-24-11-9-22;;/h1-3,12,17,20,23H,4-11,13-15H2;2*1H/t17-,19-;;/m0../s1. The molecule has 148 valence electrons. The maximum atomic E-state index is 10.8. The number of aliphatic hydroxyl groups is 1. The summed E-state index contributed by atoms with van der Waals surface area (Å²) in [7, 11) is 0. The molecule has 0 amide bonds. The monoisotopic (exact) mass is 403 g/mol. The van der Waals surface area contributed by atoms with Gasteiger partial charge in [-0.1, -0.05) is 12.1 Å². The number of rotatable bonds is 3. The van der Waals surface area contributed by atoms with Crippen LogP contribution >= 0.6 is 24.8 Å². The Morgan fingerprint density at radius 1 is 1.15 bits per heavy atom. The molecule has 0 saturated carbocycles. The van der Waals surface area contributed by atoms with Gasteiger partial charge in [0.1, 0.15) is 0 Å². The Morgan fingerprint density at radius 2 is 1.96 bits per heavy atom. The second-order valence-electron chi connectivity index (χ2n) is 7.51. The Kier molecular flexibility index (Phi) is 8.01. The van der Waals surface area contributed by atoms with Crippen molar-refractivity contribution in [2.45, 2.75) is 25.0 Å². The van der Waals surface area contributed by atoms with Crippen LogP contribution in [0.5, 0.6) is 0 Å². The van der Waals surface area contributed by atoms with Gasteiger partial charge in [0.2, 0.25) is 0 Å². The number of ether oxygens (including phenoxy) is 1. The molecular formula is C19H31Cl2N3O2. The van der Waals surface area contributed by atoms with Crippen molar-refractivity contribution < 1.29 is 9.84 Å². The summed E-state index contributed by atoms with van der Waals surface area (Å²) >= 11 is 0. The van der Waals surface area contributed by atoms with Gasteiger partial charge in [-0.2, -0.15) is 0 Å².